The SMILES string of the molecule is OCC1Cc2ccccc2N(Cc2nnnn2-c2ccc(OC(F)F)cc2)C1. The van der Waals surface area contributed by atoms with Crippen LogP contribution < -0.4 is 9.64 Å². The first-order valence-corrected chi connectivity index (χ1v) is 8.90. The molecule has 1 unspecified atom stereocenters. The Bertz CT molecular complexity index is 932. The third-order valence-corrected chi connectivity index (χ3v) is 4.75. The predicted molar refractivity (Wildman–Crippen MR) is 97.6 cm³/mol. The van der Waals surface area contributed by atoms with Crippen molar-refractivity contribution in [1.29, 1.82) is 0 Å². The molecule has 1 aliphatic rings. The molecule has 0 bridgehead atoms. The number of hydrogen-bond acceptors (Lipinski definition) is 6. The lowest BCUT2D eigenvalue weighted by Crippen LogP contribution is -2.37. The number of hydrogen-bond donors (Lipinski definition) is 1. The van der Waals surface area contributed by atoms with Gasteiger partial charge in [-0.05, 0) is 52.7 Å². The molecule has 9 heteroatoms. The third kappa shape index (κ3) is 3.79. The Morgan fingerprint density at radius 3 is 2.68 bits per heavy atom. The molecule has 1 aliphatic heterocycles. The first-order chi connectivity index (χ1) is 13.6. The summed E-state index contributed by atoms with van der Waals surface area (Å²) in [5.41, 5.74) is 2.92. The maximum atomic E-state index is 12.3. The first-order valence-electron chi connectivity index (χ1n) is 8.90. The van der Waals surface area contributed by atoms with Crippen molar-refractivity contribution < 1.29 is 18.6 Å². The Hall–Kier alpha value is -3.07. The van der Waals surface area contributed by atoms with Gasteiger partial charge >= 0.3 is 6.61 Å². The van der Waals surface area contributed by atoms with E-state index < -0.39 is 6.61 Å². The van der Waals surface area contributed by atoms with Crippen LogP contribution in [0.3, 0.4) is 0 Å². The summed E-state index contributed by atoms with van der Waals surface area (Å²) < 4.78 is 30.6. The highest BCUT2D eigenvalue weighted by Crippen LogP contribution is 2.30. The Kier molecular flexibility index (Phi) is 5.16. The van der Waals surface area contributed by atoms with E-state index in [1.165, 1.54) is 17.7 Å². The number of nitrogens with zero attached hydrogens (tertiary/aromatic N) is 5. The monoisotopic (exact) mass is 387 g/mol. The van der Waals surface area contributed by atoms with E-state index in [4.69, 9.17) is 0 Å². The molecule has 0 fully saturated rings. The summed E-state index contributed by atoms with van der Waals surface area (Å²) in [7, 11) is 0. The summed E-state index contributed by atoms with van der Waals surface area (Å²) in [6.45, 7) is -1.60. The zero-order chi connectivity index (χ0) is 19.5. The first kappa shape index (κ1) is 18.3. The average molecular weight is 387 g/mol. The molecule has 2 heterocycles. The van der Waals surface area contributed by atoms with Crippen molar-refractivity contribution >= 4 is 5.69 Å². The second-order valence-electron chi connectivity index (χ2n) is 6.64. The fourth-order valence-electron chi connectivity index (χ4n) is 3.49. The van der Waals surface area contributed by atoms with Crippen molar-refractivity contribution in [3.8, 4) is 11.4 Å². The quantitative estimate of drug-likeness (QED) is 0.700. The van der Waals surface area contributed by atoms with Crippen LogP contribution in [-0.2, 0) is 13.0 Å². The van der Waals surface area contributed by atoms with Crippen molar-refractivity contribution in [1.82, 2.24) is 20.2 Å². The normalized spacial score (nSPS) is 16.3. The van der Waals surface area contributed by atoms with Gasteiger partial charge in [0.2, 0.25) is 0 Å². The zero-order valence-electron chi connectivity index (χ0n) is 14.9. The molecule has 146 valence electrons. The maximum absolute atomic E-state index is 12.3. The number of aromatic nitrogens is 4. The topological polar surface area (TPSA) is 76.3 Å². The second-order valence-corrected chi connectivity index (χ2v) is 6.64. The number of halogens is 2. The largest absolute Gasteiger partial charge is 0.435 e. The second kappa shape index (κ2) is 7.89. The molecule has 1 atom stereocenters. The summed E-state index contributed by atoms with van der Waals surface area (Å²) >= 11 is 0. The van der Waals surface area contributed by atoms with E-state index >= 15 is 0 Å². The number of ether oxygens (including phenoxy) is 1. The van der Waals surface area contributed by atoms with Crippen molar-refractivity contribution in [3.63, 3.8) is 0 Å². The average Bonchev–Trinajstić information content (AvgIpc) is 3.16. The Balaban J connectivity index is 1.58. The minimum Gasteiger partial charge on any atom is -0.435 e. The van der Waals surface area contributed by atoms with Gasteiger partial charge in [-0.15, -0.1) is 5.10 Å². The van der Waals surface area contributed by atoms with Gasteiger partial charge in [-0.1, -0.05) is 18.2 Å². The van der Waals surface area contributed by atoms with Gasteiger partial charge in [0.1, 0.15) is 5.75 Å². The number of para-hydroxylation sites is 1. The van der Waals surface area contributed by atoms with E-state index in [0.717, 1.165) is 12.1 Å². The van der Waals surface area contributed by atoms with Gasteiger partial charge in [-0.2, -0.15) is 13.5 Å². The van der Waals surface area contributed by atoms with Crippen molar-refractivity contribution in [2.75, 3.05) is 18.1 Å². The van der Waals surface area contributed by atoms with E-state index in [1.54, 1.807) is 16.8 Å². The summed E-state index contributed by atoms with van der Waals surface area (Å²) in [6.07, 6.45) is 0.833. The maximum Gasteiger partial charge on any atom is 0.387 e. The summed E-state index contributed by atoms with van der Waals surface area (Å²) in [5, 5.41) is 21.6. The van der Waals surface area contributed by atoms with Crippen molar-refractivity contribution in [3.05, 3.63) is 59.9 Å². The standard InChI is InChI=1S/C19H19F2N5O2/c20-19(21)28-16-7-5-15(6-8-16)26-18(22-23-24-26)11-25-10-13(12-27)9-14-3-1-2-4-17(14)25/h1-8,13,19,27H,9-12H2. The number of rotatable bonds is 6. The molecule has 28 heavy (non-hydrogen) atoms. The molecule has 0 amide bonds. The van der Waals surface area contributed by atoms with Crippen LogP contribution in [0.5, 0.6) is 5.75 Å². The van der Waals surface area contributed by atoms with Gasteiger partial charge in [0, 0.05) is 24.8 Å². The van der Waals surface area contributed by atoms with Crippen LogP contribution in [0.1, 0.15) is 11.4 Å². The molecule has 0 saturated carbocycles. The number of tetrazole rings is 1. The summed E-state index contributed by atoms with van der Waals surface area (Å²) in [4.78, 5) is 2.15. The van der Waals surface area contributed by atoms with E-state index in [9.17, 15) is 13.9 Å². The molecule has 2 aromatic carbocycles. The molecular weight excluding hydrogens is 368 g/mol. The van der Waals surface area contributed by atoms with Crippen LogP contribution in [0.25, 0.3) is 5.69 Å². The molecule has 0 saturated heterocycles. The molecule has 1 N–H and O–H groups in total. The van der Waals surface area contributed by atoms with Crippen LogP contribution in [0, 0.1) is 5.92 Å². The Morgan fingerprint density at radius 2 is 1.93 bits per heavy atom. The molecule has 7 nitrogen and oxygen atoms in total. The fourth-order valence-corrected chi connectivity index (χ4v) is 3.49. The van der Waals surface area contributed by atoms with Crippen LogP contribution in [-0.4, -0.2) is 45.1 Å². The lowest BCUT2D eigenvalue weighted by Gasteiger charge is -2.35. The molecule has 3 aromatic rings. The molecule has 1 aromatic heterocycles. The number of anilines is 1. The highest BCUT2D eigenvalue weighted by atomic mass is 19.3. The van der Waals surface area contributed by atoms with E-state index in [1.807, 2.05) is 18.2 Å². The summed E-state index contributed by atoms with van der Waals surface area (Å²) in [6, 6.07) is 14.2. The van der Waals surface area contributed by atoms with Crippen LogP contribution >= 0.6 is 0 Å². The predicted octanol–water partition coefficient (Wildman–Crippen LogP) is 2.43. The third-order valence-electron chi connectivity index (χ3n) is 4.75. The number of fused-ring (bicyclic) bond motifs is 1. The molecule has 4 rings (SSSR count). The van der Waals surface area contributed by atoms with Gasteiger partial charge < -0.3 is 14.7 Å². The minimum absolute atomic E-state index is 0.0733. The van der Waals surface area contributed by atoms with Crippen LogP contribution in [0.2, 0.25) is 0 Å². The number of aliphatic hydroxyl groups is 1. The van der Waals surface area contributed by atoms with Crippen LogP contribution in [0.4, 0.5) is 14.5 Å². The van der Waals surface area contributed by atoms with Crippen molar-refractivity contribution in [2.45, 2.75) is 19.6 Å². The van der Waals surface area contributed by atoms with E-state index in [-0.39, 0.29) is 18.3 Å². The lowest BCUT2D eigenvalue weighted by atomic mass is 9.93. The molecular formula is C19H19F2N5O2. The van der Waals surface area contributed by atoms with Gasteiger partial charge in [0.15, 0.2) is 5.82 Å². The number of alkyl halides is 2. The zero-order valence-corrected chi connectivity index (χ0v) is 14.9. The van der Waals surface area contributed by atoms with Gasteiger partial charge in [0.05, 0.1) is 12.2 Å². The fraction of sp³-hybridized carbons (Fsp3) is 0.316. The van der Waals surface area contributed by atoms with Crippen molar-refractivity contribution in [2.24, 2.45) is 5.92 Å². The highest BCUT2D eigenvalue weighted by molar-refractivity contribution is 5.56. The highest BCUT2D eigenvalue weighted by Gasteiger charge is 2.25. The van der Waals surface area contributed by atoms with E-state index in [0.29, 0.717) is 24.6 Å². The lowest BCUT2D eigenvalue weighted by molar-refractivity contribution is -0.0498. The summed E-state index contributed by atoms with van der Waals surface area (Å²) in [5.74, 6) is 0.824. The van der Waals surface area contributed by atoms with Crippen LogP contribution in [0.15, 0.2) is 48.5 Å². The van der Waals surface area contributed by atoms with Gasteiger partial charge in [-0.25, -0.2) is 0 Å². The molecule has 0 radical (unpaired) electrons. The number of benzene rings is 2. The smallest absolute Gasteiger partial charge is 0.387 e. The van der Waals surface area contributed by atoms with Gasteiger partial charge in [0.25, 0.3) is 0 Å². The number of aliphatic hydroxyl groups excluding tert-OH is 1. The molecule has 0 aliphatic carbocycles. The van der Waals surface area contributed by atoms with Gasteiger partial charge in [-0.3, -0.25) is 0 Å². The Morgan fingerprint density at radius 1 is 1.14 bits per heavy atom. The minimum atomic E-state index is -2.87. The Labute approximate surface area is 160 Å². The van der Waals surface area contributed by atoms with E-state index in [2.05, 4.69) is 31.2 Å². The molecule has 0 spiro atoms.